The van der Waals surface area contributed by atoms with Gasteiger partial charge in [-0.15, -0.1) is 0 Å². The fourth-order valence-corrected chi connectivity index (χ4v) is 3.48. The number of likely N-dealkylation sites (tertiary alicyclic amines) is 1. The number of rotatable bonds is 5. The number of aliphatic hydroxyl groups excluding tert-OH is 1. The molecule has 25 heavy (non-hydrogen) atoms. The van der Waals surface area contributed by atoms with E-state index in [0.717, 1.165) is 25.9 Å². The Bertz CT molecular complexity index is 610. The van der Waals surface area contributed by atoms with Gasteiger partial charge in [-0.2, -0.15) is 0 Å². The number of carbonyl (C=O) groups is 2. The molecule has 1 unspecified atom stereocenters. The number of hydrogen-bond acceptors (Lipinski definition) is 5. The van der Waals surface area contributed by atoms with Gasteiger partial charge in [0.15, 0.2) is 6.10 Å². The van der Waals surface area contributed by atoms with Gasteiger partial charge in [0.1, 0.15) is 12.0 Å². The molecule has 3 N–H and O–H groups in total. The lowest BCUT2D eigenvalue weighted by Gasteiger charge is -2.31. The van der Waals surface area contributed by atoms with Crippen molar-refractivity contribution < 1.29 is 24.5 Å². The maximum atomic E-state index is 11.8. The Balaban J connectivity index is 1.52. The average molecular weight is 348 g/mol. The molecule has 1 aromatic carbocycles. The summed E-state index contributed by atoms with van der Waals surface area (Å²) < 4.78 is 5.72. The van der Waals surface area contributed by atoms with Crippen LogP contribution in [0.2, 0.25) is 0 Å². The van der Waals surface area contributed by atoms with Gasteiger partial charge in [-0.25, -0.2) is 0 Å². The first kappa shape index (κ1) is 17.7. The van der Waals surface area contributed by atoms with Crippen molar-refractivity contribution in [2.75, 3.05) is 19.6 Å². The zero-order valence-corrected chi connectivity index (χ0v) is 14.1. The Labute approximate surface area is 146 Å². The van der Waals surface area contributed by atoms with E-state index in [-0.39, 0.29) is 12.5 Å². The summed E-state index contributed by atoms with van der Waals surface area (Å²) in [5.74, 6) is 0.00340. The molecule has 136 valence electrons. The number of carboxylic acid groups (broad SMARTS) is 1. The highest BCUT2D eigenvalue weighted by molar-refractivity contribution is 5.82. The highest BCUT2D eigenvalue weighted by atomic mass is 16.5. The largest absolute Gasteiger partial charge is 0.481 e. The lowest BCUT2D eigenvalue weighted by atomic mass is 9.89. The van der Waals surface area contributed by atoms with Gasteiger partial charge >= 0.3 is 5.97 Å². The summed E-state index contributed by atoms with van der Waals surface area (Å²) in [7, 11) is 0. The highest BCUT2D eigenvalue weighted by Crippen LogP contribution is 2.29. The Morgan fingerprint density at radius 2 is 1.84 bits per heavy atom. The molecule has 0 saturated carbocycles. The number of aliphatic hydroxyl groups is 1. The van der Waals surface area contributed by atoms with Crippen LogP contribution in [0.4, 0.5) is 0 Å². The maximum absolute atomic E-state index is 11.8. The predicted octanol–water partition coefficient (Wildman–Crippen LogP) is 0.926. The number of hydrogen-bond donors (Lipinski definition) is 3. The van der Waals surface area contributed by atoms with Crippen molar-refractivity contribution in [3.05, 3.63) is 29.8 Å². The summed E-state index contributed by atoms with van der Waals surface area (Å²) in [6, 6.07) is 7.78. The first-order valence-electron chi connectivity index (χ1n) is 8.70. The molecule has 0 spiro atoms. The predicted molar refractivity (Wildman–Crippen MR) is 90.3 cm³/mol. The van der Waals surface area contributed by atoms with Crippen LogP contribution >= 0.6 is 0 Å². The molecule has 2 aliphatic heterocycles. The third-order valence-corrected chi connectivity index (χ3v) is 4.88. The molecule has 1 amide bonds. The van der Waals surface area contributed by atoms with Crippen molar-refractivity contribution in [3.8, 4) is 5.75 Å². The summed E-state index contributed by atoms with van der Waals surface area (Å²) in [6.07, 6.45) is 1.53. The number of nitrogens with one attached hydrogen (secondary N) is 1. The number of ether oxygens (including phenoxy) is 1. The van der Waals surface area contributed by atoms with E-state index in [0.29, 0.717) is 24.5 Å². The minimum atomic E-state index is -0.778. The first-order valence-corrected chi connectivity index (χ1v) is 8.70. The van der Waals surface area contributed by atoms with Crippen LogP contribution in [0.15, 0.2) is 24.3 Å². The molecule has 0 radical (unpaired) electrons. The second-order valence-corrected chi connectivity index (χ2v) is 6.72. The lowest BCUT2D eigenvalue weighted by molar-refractivity contribution is -0.138. The molecule has 2 aliphatic rings. The smallest absolute Gasteiger partial charge is 0.317 e. The van der Waals surface area contributed by atoms with Gasteiger partial charge in [-0.3, -0.25) is 14.5 Å². The molecular formula is C18H24N2O5. The molecule has 3 rings (SSSR count). The Morgan fingerprint density at radius 3 is 2.44 bits per heavy atom. The van der Waals surface area contributed by atoms with E-state index in [1.165, 1.54) is 5.56 Å². The zero-order chi connectivity index (χ0) is 17.8. The van der Waals surface area contributed by atoms with E-state index >= 15 is 0 Å². The van der Waals surface area contributed by atoms with Crippen LogP contribution in [0, 0.1) is 0 Å². The van der Waals surface area contributed by atoms with E-state index in [2.05, 4.69) is 5.32 Å². The molecular weight excluding hydrogens is 324 g/mol. The van der Waals surface area contributed by atoms with Gasteiger partial charge in [-0.1, -0.05) is 12.1 Å². The van der Waals surface area contributed by atoms with Crippen LogP contribution in [0.3, 0.4) is 0 Å². The van der Waals surface area contributed by atoms with E-state index in [9.17, 15) is 14.7 Å². The summed E-state index contributed by atoms with van der Waals surface area (Å²) in [4.78, 5) is 24.5. The van der Waals surface area contributed by atoms with Gasteiger partial charge in [0, 0.05) is 0 Å². The molecule has 2 saturated heterocycles. The van der Waals surface area contributed by atoms with Crippen molar-refractivity contribution in [1.29, 1.82) is 0 Å². The molecule has 0 aromatic heterocycles. The number of benzene rings is 1. The van der Waals surface area contributed by atoms with Crippen LogP contribution in [-0.2, 0) is 9.59 Å². The van der Waals surface area contributed by atoms with Crippen molar-refractivity contribution in [2.24, 2.45) is 0 Å². The topological polar surface area (TPSA) is 99.1 Å². The van der Waals surface area contributed by atoms with E-state index in [1.807, 2.05) is 29.2 Å². The third-order valence-electron chi connectivity index (χ3n) is 4.88. The highest BCUT2D eigenvalue weighted by Gasteiger charge is 2.28. The van der Waals surface area contributed by atoms with Crippen LogP contribution < -0.4 is 10.1 Å². The van der Waals surface area contributed by atoms with Crippen molar-refractivity contribution >= 4 is 11.9 Å². The van der Waals surface area contributed by atoms with Crippen molar-refractivity contribution in [2.45, 2.75) is 43.9 Å². The first-order chi connectivity index (χ1) is 12.0. The minimum absolute atomic E-state index is 0.109. The van der Waals surface area contributed by atoms with Crippen molar-refractivity contribution in [1.82, 2.24) is 10.2 Å². The normalized spacial score (nSPS) is 25.4. The van der Waals surface area contributed by atoms with Crippen LogP contribution in [0.5, 0.6) is 5.75 Å². The number of piperidine rings is 2. The molecule has 2 fully saturated rings. The number of nitrogens with zero attached hydrogens (tertiary/aromatic N) is 1. The molecule has 1 aromatic rings. The fraction of sp³-hybridized carbons (Fsp3) is 0.556. The summed E-state index contributed by atoms with van der Waals surface area (Å²) in [5.41, 5.74) is 1.21. The maximum Gasteiger partial charge on any atom is 0.317 e. The summed E-state index contributed by atoms with van der Waals surface area (Å²) in [5, 5.41) is 20.7. The fourth-order valence-electron chi connectivity index (χ4n) is 3.48. The van der Waals surface area contributed by atoms with E-state index in [1.54, 1.807) is 0 Å². The Kier molecular flexibility index (Phi) is 5.55. The Hall–Kier alpha value is -2.12. The number of carbonyl (C=O) groups excluding carboxylic acids is 1. The average Bonchev–Trinajstić information content (AvgIpc) is 2.58. The molecule has 7 heteroatoms. The van der Waals surface area contributed by atoms with Gasteiger partial charge in [0.05, 0.1) is 6.54 Å². The van der Waals surface area contributed by atoms with Gasteiger partial charge in [-0.05, 0) is 62.4 Å². The molecule has 7 nitrogen and oxygen atoms in total. The van der Waals surface area contributed by atoms with Crippen LogP contribution in [-0.4, -0.2) is 59.0 Å². The molecule has 0 bridgehead atoms. The standard InChI is InChI=1S/C18H24N2O5/c21-16-6-5-15(18(24)19-16)25-14-3-1-12(2-4-14)13-7-9-20(10-8-13)11-17(22)23/h1-4,13,15-16,21H,5-11H2,(H,19,24)(H,22,23)/t15-,16?/m1/s1. The third kappa shape index (κ3) is 4.70. The monoisotopic (exact) mass is 348 g/mol. The molecule has 2 atom stereocenters. The summed E-state index contributed by atoms with van der Waals surface area (Å²) in [6.45, 7) is 1.69. The number of aliphatic carboxylic acids is 1. The molecule has 2 heterocycles. The van der Waals surface area contributed by atoms with E-state index < -0.39 is 18.3 Å². The second-order valence-electron chi connectivity index (χ2n) is 6.72. The minimum Gasteiger partial charge on any atom is -0.481 e. The Morgan fingerprint density at radius 1 is 1.16 bits per heavy atom. The van der Waals surface area contributed by atoms with E-state index in [4.69, 9.17) is 9.84 Å². The number of amides is 1. The van der Waals surface area contributed by atoms with Crippen LogP contribution in [0.1, 0.15) is 37.2 Å². The SMILES string of the molecule is O=C(O)CN1CCC(c2ccc(O[C@@H]3CCC(O)NC3=O)cc2)CC1. The van der Waals surface area contributed by atoms with Gasteiger partial charge in [0.2, 0.25) is 0 Å². The van der Waals surface area contributed by atoms with Crippen LogP contribution in [0.25, 0.3) is 0 Å². The molecule has 0 aliphatic carbocycles. The van der Waals surface area contributed by atoms with Gasteiger partial charge < -0.3 is 20.3 Å². The van der Waals surface area contributed by atoms with Gasteiger partial charge in [0.25, 0.3) is 5.91 Å². The summed E-state index contributed by atoms with van der Waals surface area (Å²) >= 11 is 0. The quantitative estimate of drug-likeness (QED) is 0.732. The second kappa shape index (κ2) is 7.84. The van der Waals surface area contributed by atoms with Crippen molar-refractivity contribution in [3.63, 3.8) is 0 Å². The zero-order valence-electron chi connectivity index (χ0n) is 14.1. The lowest BCUT2D eigenvalue weighted by Crippen LogP contribution is -2.48. The number of carboxylic acids is 1.